The maximum absolute atomic E-state index is 12.6. The van der Waals surface area contributed by atoms with Crippen molar-refractivity contribution in [2.75, 3.05) is 20.3 Å². The Hall–Kier alpha value is -1.44. The van der Waals surface area contributed by atoms with E-state index >= 15 is 0 Å². The second-order valence-corrected chi connectivity index (χ2v) is 6.40. The molecule has 7 heteroatoms. The number of carboxylic acids is 1. The Bertz CT molecular complexity index is 546. The molecule has 0 bridgehead atoms. The van der Waals surface area contributed by atoms with Crippen molar-refractivity contribution < 1.29 is 24.2 Å². The molecule has 0 aromatic carbocycles. The van der Waals surface area contributed by atoms with Gasteiger partial charge in [-0.25, -0.2) is 4.79 Å². The summed E-state index contributed by atoms with van der Waals surface area (Å²) in [5.74, 6) is -1.20. The van der Waals surface area contributed by atoms with E-state index in [9.17, 15) is 14.7 Å². The van der Waals surface area contributed by atoms with Gasteiger partial charge in [-0.2, -0.15) is 0 Å². The summed E-state index contributed by atoms with van der Waals surface area (Å²) in [7, 11) is 1.54. The van der Waals surface area contributed by atoms with Crippen molar-refractivity contribution in [3.8, 4) is 0 Å². The molecule has 2 aliphatic rings. The molecule has 114 valence electrons. The normalized spacial score (nSPS) is 24.9. The van der Waals surface area contributed by atoms with E-state index < -0.39 is 12.0 Å². The largest absolute Gasteiger partial charge is 0.480 e. The summed E-state index contributed by atoms with van der Waals surface area (Å²) in [6.07, 6.45) is 0.940. The Labute approximate surface area is 126 Å². The van der Waals surface area contributed by atoms with Gasteiger partial charge in [0.15, 0.2) is 0 Å². The van der Waals surface area contributed by atoms with E-state index in [2.05, 4.69) is 0 Å². The summed E-state index contributed by atoms with van der Waals surface area (Å²) in [6.45, 7) is 1.53. The number of carbonyl (C=O) groups is 2. The second-order valence-electron chi connectivity index (χ2n) is 5.27. The van der Waals surface area contributed by atoms with E-state index in [4.69, 9.17) is 9.47 Å². The molecule has 1 aromatic heterocycles. The standard InChI is InChI=1S/C14H17NO5S/c1-19-9-5-10(14(17)18)15(6-9)13(16)12-4-8-7-20-3-2-11(8)21-12/h4,9-10H,2-3,5-7H2,1H3,(H,17,18). The van der Waals surface area contributed by atoms with Crippen molar-refractivity contribution in [1.29, 1.82) is 0 Å². The van der Waals surface area contributed by atoms with Gasteiger partial charge in [-0.05, 0) is 11.6 Å². The fourth-order valence-corrected chi connectivity index (χ4v) is 3.93. The Morgan fingerprint density at radius 1 is 1.52 bits per heavy atom. The first kappa shape index (κ1) is 14.5. The number of ether oxygens (including phenoxy) is 2. The van der Waals surface area contributed by atoms with Crippen LogP contribution in [0.15, 0.2) is 6.07 Å². The SMILES string of the molecule is COC1CC(C(=O)O)N(C(=O)c2cc3c(s2)CCOC3)C1. The van der Waals surface area contributed by atoms with Crippen molar-refractivity contribution in [3.05, 3.63) is 21.4 Å². The molecule has 2 aliphatic heterocycles. The van der Waals surface area contributed by atoms with Gasteiger partial charge in [0.05, 0.1) is 24.2 Å². The molecule has 1 aromatic rings. The number of amides is 1. The van der Waals surface area contributed by atoms with Crippen LogP contribution in [0.2, 0.25) is 0 Å². The zero-order valence-electron chi connectivity index (χ0n) is 11.7. The van der Waals surface area contributed by atoms with Crippen molar-refractivity contribution >= 4 is 23.2 Å². The van der Waals surface area contributed by atoms with E-state index in [0.29, 0.717) is 31.1 Å². The molecular weight excluding hydrogens is 294 g/mol. The number of carboxylic acid groups (broad SMARTS) is 1. The average molecular weight is 311 g/mol. The van der Waals surface area contributed by atoms with Gasteiger partial charge in [-0.3, -0.25) is 4.79 Å². The molecule has 3 heterocycles. The van der Waals surface area contributed by atoms with Crippen molar-refractivity contribution in [2.45, 2.75) is 31.6 Å². The minimum atomic E-state index is -0.979. The number of likely N-dealkylation sites (tertiary alicyclic amines) is 1. The third-order valence-corrected chi connectivity index (χ3v) is 5.21. The Kier molecular flexibility index (Phi) is 3.97. The van der Waals surface area contributed by atoms with Crippen LogP contribution in [0.3, 0.4) is 0 Å². The van der Waals surface area contributed by atoms with Crippen molar-refractivity contribution in [2.24, 2.45) is 0 Å². The molecule has 1 amide bonds. The highest BCUT2D eigenvalue weighted by molar-refractivity contribution is 7.14. The molecule has 2 unspecified atom stereocenters. The number of thiophene rings is 1. The molecule has 0 radical (unpaired) electrons. The predicted molar refractivity (Wildman–Crippen MR) is 75.6 cm³/mol. The highest BCUT2D eigenvalue weighted by atomic mass is 32.1. The first-order valence-corrected chi connectivity index (χ1v) is 7.67. The van der Waals surface area contributed by atoms with Gasteiger partial charge in [0, 0.05) is 31.4 Å². The zero-order chi connectivity index (χ0) is 15.0. The molecule has 0 saturated carbocycles. The van der Waals surface area contributed by atoms with Crippen LogP contribution in [0.1, 0.15) is 26.5 Å². The van der Waals surface area contributed by atoms with Crippen LogP contribution < -0.4 is 0 Å². The van der Waals surface area contributed by atoms with Crippen molar-refractivity contribution in [1.82, 2.24) is 4.90 Å². The first-order valence-electron chi connectivity index (χ1n) is 6.86. The van der Waals surface area contributed by atoms with Crippen LogP contribution in [-0.4, -0.2) is 54.3 Å². The van der Waals surface area contributed by atoms with Crippen LogP contribution >= 0.6 is 11.3 Å². The van der Waals surface area contributed by atoms with Gasteiger partial charge in [0.25, 0.3) is 5.91 Å². The summed E-state index contributed by atoms with van der Waals surface area (Å²) in [4.78, 5) is 27.1. The summed E-state index contributed by atoms with van der Waals surface area (Å²) in [5.41, 5.74) is 1.05. The van der Waals surface area contributed by atoms with Crippen molar-refractivity contribution in [3.63, 3.8) is 0 Å². The topological polar surface area (TPSA) is 76.1 Å². The predicted octanol–water partition coefficient (Wildman–Crippen LogP) is 1.13. The molecule has 3 rings (SSSR count). The number of carbonyl (C=O) groups excluding carboxylic acids is 1. The number of methoxy groups -OCH3 is 1. The zero-order valence-corrected chi connectivity index (χ0v) is 12.5. The average Bonchev–Trinajstić information content (AvgIpc) is 3.10. The maximum Gasteiger partial charge on any atom is 0.326 e. The van der Waals surface area contributed by atoms with Crippen LogP contribution in [0.25, 0.3) is 0 Å². The van der Waals surface area contributed by atoms with Gasteiger partial charge in [0.1, 0.15) is 6.04 Å². The third kappa shape index (κ3) is 2.68. The lowest BCUT2D eigenvalue weighted by Crippen LogP contribution is -2.40. The molecule has 6 nitrogen and oxygen atoms in total. The Morgan fingerprint density at radius 3 is 3.00 bits per heavy atom. The molecule has 1 saturated heterocycles. The first-order chi connectivity index (χ1) is 10.1. The van der Waals surface area contributed by atoms with Crippen LogP contribution in [0, 0.1) is 0 Å². The number of hydrogen-bond donors (Lipinski definition) is 1. The fraction of sp³-hybridized carbons (Fsp3) is 0.571. The smallest absolute Gasteiger partial charge is 0.326 e. The number of aliphatic carboxylic acids is 1. The van der Waals surface area contributed by atoms with Crippen LogP contribution in [-0.2, 0) is 27.3 Å². The van der Waals surface area contributed by atoms with Gasteiger partial charge < -0.3 is 19.5 Å². The number of hydrogen-bond acceptors (Lipinski definition) is 5. The van der Waals surface area contributed by atoms with E-state index in [1.54, 1.807) is 7.11 Å². The van der Waals surface area contributed by atoms with Crippen LogP contribution in [0.4, 0.5) is 0 Å². The fourth-order valence-electron chi connectivity index (χ4n) is 2.82. The van der Waals surface area contributed by atoms with Gasteiger partial charge in [-0.15, -0.1) is 11.3 Å². The molecule has 1 N–H and O–H groups in total. The van der Waals surface area contributed by atoms with E-state index in [-0.39, 0.29) is 12.0 Å². The number of rotatable bonds is 3. The molecule has 0 spiro atoms. The summed E-state index contributed by atoms with van der Waals surface area (Å²) < 4.78 is 10.6. The minimum Gasteiger partial charge on any atom is -0.480 e. The maximum atomic E-state index is 12.6. The minimum absolute atomic E-state index is 0.215. The quantitative estimate of drug-likeness (QED) is 0.906. The lowest BCUT2D eigenvalue weighted by atomic mass is 10.2. The molecule has 1 fully saturated rings. The third-order valence-electron chi connectivity index (χ3n) is 3.98. The Balaban J connectivity index is 1.83. The van der Waals surface area contributed by atoms with E-state index in [1.165, 1.54) is 21.1 Å². The highest BCUT2D eigenvalue weighted by Crippen LogP contribution is 2.30. The lowest BCUT2D eigenvalue weighted by Gasteiger charge is -2.20. The number of fused-ring (bicyclic) bond motifs is 1. The molecule has 2 atom stereocenters. The Morgan fingerprint density at radius 2 is 2.33 bits per heavy atom. The molecule has 0 aliphatic carbocycles. The van der Waals surface area contributed by atoms with Gasteiger partial charge in [0.2, 0.25) is 0 Å². The van der Waals surface area contributed by atoms with E-state index in [1.807, 2.05) is 6.07 Å². The highest BCUT2D eigenvalue weighted by Gasteiger charge is 2.40. The summed E-state index contributed by atoms with van der Waals surface area (Å²) in [6, 6.07) is 1.03. The van der Waals surface area contributed by atoms with Gasteiger partial charge >= 0.3 is 5.97 Å². The lowest BCUT2D eigenvalue weighted by molar-refractivity contribution is -0.141. The second kappa shape index (κ2) is 5.75. The molecule has 21 heavy (non-hydrogen) atoms. The summed E-state index contributed by atoms with van der Waals surface area (Å²) >= 11 is 1.45. The number of nitrogens with zero attached hydrogens (tertiary/aromatic N) is 1. The molecular formula is C14H17NO5S. The van der Waals surface area contributed by atoms with Crippen LogP contribution in [0.5, 0.6) is 0 Å². The summed E-state index contributed by atoms with van der Waals surface area (Å²) in [5, 5.41) is 9.29. The van der Waals surface area contributed by atoms with Gasteiger partial charge in [-0.1, -0.05) is 0 Å². The monoisotopic (exact) mass is 311 g/mol. The van der Waals surface area contributed by atoms with E-state index in [0.717, 1.165) is 12.0 Å².